The summed E-state index contributed by atoms with van der Waals surface area (Å²) in [5.41, 5.74) is 3.21. The first-order valence-electron chi connectivity index (χ1n) is 12.5. The summed E-state index contributed by atoms with van der Waals surface area (Å²) in [6.07, 6.45) is 2.81. The third kappa shape index (κ3) is 4.27. The summed E-state index contributed by atoms with van der Waals surface area (Å²) in [5, 5.41) is 3.30. The van der Waals surface area contributed by atoms with Crippen molar-refractivity contribution in [2.24, 2.45) is 0 Å². The van der Waals surface area contributed by atoms with Gasteiger partial charge >= 0.3 is 0 Å². The molecule has 0 spiro atoms. The van der Waals surface area contributed by atoms with Gasteiger partial charge in [-0.2, -0.15) is 0 Å². The number of aryl methyl sites for hydroxylation is 2. The van der Waals surface area contributed by atoms with Crippen molar-refractivity contribution >= 4 is 16.9 Å². The topological polar surface area (TPSA) is 73.5 Å². The summed E-state index contributed by atoms with van der Waals surface area (Å²) in [4.78, 5) is 27.0. The number of hydrogen-bond donors (Lipinski definition) is 1. The van der Waals surface area contributed by atoms with E-state index in [4.69, 9.17) is 9.15 Å². The van der Waals surface area contributed by atoms with Crippen LogP contribution in [0.4, 0.5) is 8.78 Å². The van der Waals surface area contributed by atoms with Gasteiger partial charge < -0.3 is 14.5 Å². The van der Waals surface area contributed by atoms with E-state index in [9.17, 15) is 9.59 Å². The van der Waals surface area contributed by atoms with Crippen LogP contribution in [-0.2, 0) is 17.9 Å². The van der Waals surface area contributed by atoms with Crippen molar-refractivity contribution in [2.45, 2.75) is 33.0 Å². The van der Waals surface area contributed by atoms with Crippen molar-refractivity contribution in [3.05, 3.63) is 123 Å². The summed E-state index contributed by atoms with van der Waals surface area (Å²) in [5.74, 6) is -1.20. The van der Waals surface area contributed by atoms with E-state index < -0.39 is 29.1 Å². The molecule has 3 aromatic carbocycles. The van der Waals surface area contributed by atoms with Crippen molar-refractivity contribution in [1.29, 1.82) is 0 Å². The highest BCUT2D eigenvalue weighted by Gasteiger charge is 2.29. The second-order valence-corrected chi connectivity index (χ2v) is 9.71. The fourth-order valence-electron chi connectivity index (χ4n) is 5.17. The van der Waals surface area contributed by atoms with Gasteiger partial charge in [-0.25, -0.2) is 8.78 Å². The van der Waals surface area contributed by atoms with Crippen LogP contribution in [0.2, 0.25) is 0 Å². The van der Waals surface area contributed by atoms with Gasteiger partial charge in [0, 0.05) is 34.8 Å². The van der Waals surface area contributed by atoms with Crippen molar-refractivity contribution in [2.75, 3.05) is 0 Å². The van der Waals surface area contributed by atoms with Gasteiger partial charge in [0.1, 0.15) is 30.0 Å². The van der Waals surface area contributed by atoms with E-state index in [1.807, 2.05) is 25.1 Å². The molecule has 0 aliphatic carbocycles. The van der Waals surface area contributed by atoms with E-state index in [0.717, 1.165) is 21.3 Å². The zero-order chi connectivity index (χ0) is 27.3. The molecule has 1 aliphatic rings. The minimum absolute atomic E-state index is 0.0199. The number of fused-ring (bicyclic) bond motifs is 7. The van der Waals surface area contributed by atoms with Crippen LogP contribution in [0.25, 0.3) is 22.1 Å². The molecule has 0 saturated carbocycles. The van der Waals surface area contributed by atoms with E-state index in [0.29, 0.717) is 22.3 Å². The lowest BCUT2D eigenvalue weighted by Crippen LogP contribution is -2.38. The predicted molar refractivity (Wildman–Crippen MR) is 143 cm³/mol. The Hall–Kier alpha value is -4.72. The average molecular weight is 527 g/mol. The first-order chi connectivity index (χ1) is 18.8. The first-order valence-corrected chi connectivity index (χ1v) is 12.5. The number of rotatable bonds is 1. The Morgan fingerprint density at radius 3 is 2.67 bits per heavy atom. The molecule has 8 heteroatoms. The van der Waals surface area contributed by atoms with Gasteiger partial charge in [0.05, 0.1) is 6.26 Å². The SMILES string of the molecule is Cc1cc2cc(c1F)CNC(=O)C(n1ccc3ccoc3c1=O)c1cc(ccc1F)COc1cccc(C)c1-2. The van der Waals surface area contributed by atoms with Gasteiger partial charge in [-0.3, -0.25) is 14.2 Å². The maximum Gasteiger partial charge on any atom is 0.295 e. The third-order valence-corrected chi connectivity index (χ3v) is 7.12. The lowest BCUT2D eigenvalue weighted by Gasteiger charge is -2.22. The van der Waals surface area contributed by atoms with Crippen LogP contribution in [0.15, 0.2) is 82.3 Å². The largest absolute Gasteiger partial charge is 0.488 e. The number of amides is 1. The number of aromatic nitrogens is 1. The molecule has 6 rings (SSSR count). The fourth-order valence-corrected chi connectivity index (χ4v) is 5.17. The number of carbonyl (C=O) groups excluding carboxylic acids is 1. The summed E-state index contributed by atoms with van der Waals surface area (Å²) < 4.78 is 43.3. The molecule has 1 amide bonds. The molecule has 1 atom stereocenters. The van der Waals surface area contributed by atoms with Crippen molar-refractivity contribution in [1.82, 2.24) is 9.88 Å². The number of benzene rings is 3. The Bertz CT molecular complexity index is 1820. The van der Waals surface area contributed by atoms with Crippen LogP contribution in [0.1, 0.15) is 33.9 Å². The van der Waals surface area contributed by atoms with Crippen LogP contribution in [-0.4, -0.2) is 10.5 Å². The first kappa shape index (κ1) is 24.6. The molecule has 39 heavy (non-hydrogen) atoms. The summed E-state index contributed by atoms with van der Waals surface area (Å²) in [6, 6.07) is 15.3. The van der Waals surface area contributed by atoms with Crippen LogP contribution < -0.4 is 15.6 Å². The number of hydrogen-bond acceptors (Lipinski definition) is 4. The molecule has 3 heterocycles. The van der Waals surface area contributed by atoms with E-state index in [1.54, 1.807) is 37.3 Å². The molecule has 4 bridgehead atoms. The molecule has 6 nitrogen and oxygen atoms in total. The van der Waals surface area contributed by atoms with E-state index in [-0.39, 0.29) is 29.9 Å². The standard InChI is InChI=1S/C31H24F2N2O4/c1-17-4-3-5-25-26(17)21-12-18(2)27(33)22(14-21)15-34-30(36)28(23-13-19(16-39-25)6-7-24(23)32)35-10-8-20-9-11-38-29(20)31(35)37/h3-14,28H,15-16H2,1-2H3,(H,34,36). The second-order valence-electron chi connectivity index (χ2n) is 9.71. The number of nitrogens with zero attached hydrogens (tertiary/aromatic N) is 1. The maximum absolute atomic E-state index is 15.3. The van der Waals surface area contributed by atoms with Crippen LogP contribution in [0.5, 0.6) is 5.75 Å². The second kappa shape index (κ2) is 9.54. The summed E-state index contributed by atoms with van der Waals surface area (Å²) in [6.45, 7) is 3.51. The van der Waals surface area contributed by atoms with E-state index in [1.165, 1.54) is 24.6 Å². The summed E-state index contributed by atoms with van der Waals surface area (Å²) in [7, 11) is 0. The number of halogens is 2. The van der Waals surface area contributed by atoms with Crippen LogP contribution in [0, 0.1) is 25.5 Å². The van der Waals surface area contributed by atoms with Gasteiger partial charge in [0.25, 0.3) is 5.56 Å². The number of nitrogens with one attached hydrogen (secondary N) is 1. The van der Waals surface area contributed by atoms with Gasteiger partial charge in [0.15, 0.2) is 5.58 Å². The minimum Gasteiger partial charge on any atom is -0.488 e. The van der Waals surface area contributed by atoms with Crippen molar-refractivity contribution in [3.63, 3.8) is 0 Å². The summed E-state index contributed by atoms with van der Waals surface area (Å²) >= 11 is 0. The average Bonchev–Trinajstić information content (AvgIpc) is 3.40. The highest BCUT2D eigenvalue weighted by molar-refractivity contribution is 5.85. The molecule has 196 valence electrons. The minimum atomic E-state index is -1.38. The molecular weight excluding hydrogens is 502 g/mol. The van der Waals surface area contributed by atoms with Gasteiger partial charge in [0.2, 0.25) is 5.91 Å². The van der Waals surface area contributed by atoms with Gasteiger partial charge in [-0.1, -0.05) is 18.2 Å². The van der Waals surface area contributed by atoms with Crippen LogP contribution >= 0.6 is 0 Å². The molecule has 5 aromatic rings. The highest BCUT2D eigenvalue weighted by atomic mass is 19.1. The zero-order valence-electron chi connectivity index (χ0n) is 21.3. The van der Waals surface area contributed by atoms with Crippen LogP contribution in [0.3, 0.4) is 0 Å². The molecular formula is C31H24F2N2O4. The molecule has 1 aliphatic heterocycles. The Morgan fingerprint density at radius 2 is 1.82 bits per heavy atom. The van der Waals surface area contributed by atoms with Crippen molar-refractivity contribution in [3.8, 4) is 16.9 Å². The molecule has 2 aromatic heterocycles. The Morgan fingerprint density at radius 1 is 0.974 bits per heavy atom. The maximum atomic E-state index is 15.3. The molecule has 1 unspecified atom stereocenters. The van der Waals surface area contributed by atoms with E-state index in [2.05, 4.69) is 5.32 Å². The Balaban J connectivity index is 1.55. The van der Waals surface area contributed by atoms with Gasteiger partial charge in [-0.15, -0.1) is 0 Å². The number of furan rings is 1. The highest BCUT2D eigenvalue weighted by Crippen LogP contribution is 2.36. The lowest BCUT2D eigenvalue weighted by molar-refractivity contribution is -0.123. The Kier molecular flexibility index (Phi) is 6.02. The molecule has 0 saturated heterocycles. The Labute approximate surface area is 222 Å². The monoisotopic (exact) mass is 526 g/mol. The molecule has 0 radical (unpaired) electrons. The quantitative estimate of drug-likeness (QED) is 0.293. The smallest absolute Gasteiger partial charge is 0.295 e. The fraction of sp³-hybridized carbons (Fsp3) is 0.161. The number of carbonyl (C=O) groups is 1. The zero-order valence-corrected chi connectivity index (χ0v) is 21.3. The van der Waals surface area contributed by atoms with Crippen molar-refractivity contribution < 1.29 is 22.7 Å². The van der Waals surface area contributed by atoms with Gasteiger partial charge in [-0.05, 0) is 78.6 Å². The molecule has 0 fully saturated rings. The molecule has 1 N–H and O–H groups in total. The normalized spacial score (nSPS) is 15.3. The predicted octanol–water partition coefficient (Wildman–Crippen LogP) is 5.95. The lowest BCUT2D eigenvalue weighted by atomic mass is 9.95. The van der Waals surface area contributed by atoms with E-state index >= 15 is 8.78 Å². The number of ether oxygens (including phenoxy) is 1. The number of pyridine rings is 1. The third-order valence-electron chi connectivity index (χ3n) is 7.12.